The summed E-state index contributed by atoms with van der Waals surface area (Å²) >= 11 is 0. The number of rotatable bonds is 2. The van der Waals surface area contributed by atoms with Gasteiger partial charge in [0.1, 0.15) is 18.8 Å². The van der Waals surface area contributed by atoms with E-state index in [9.17, 15) is 0 Å². The van der Waals surface area contributed by atoms with Crippen LogP contribution in [0.3, 0.4) is 0 Å². The summed E-state index contributed by atoms with van der Waals surface area (Å²) < 4.78 is 14.1. The van der Waals surface area contributed by atoms with Crippen molar-refractivity contribution in [1.82, 2.24) is 14.8 Å². The molecular weight excluding hydrogens is 242 g/mol. The van der Waals surface area contributed by atoms with Crippen LogP contribution < -0.4 is 0 Å². The normalized spacial score (nSPS) is 37.8. The lowest BCUT2D eigenvalue weighted by molar-refractivity contribution is -0.217. The third kappa shape index (κ3) is 2.82. The first-order valence-electron chi connectivity index (χ1n) is 7.11. The molecule has 3 atom stereocenters. The summed E-state index contributed by atoms with van der Waals surface area (Å²) in [5, 5.41) is 4.13. The van der Waals surface area contributed by atoms with Gasteiger partial charge in [-0.15, -0.1) is 0 Å². The Morgan fingerprint density at radius 3 is 2.89 bits per heavy atom. The highest BCUT2D eigenvalue weighted by atomic mass is 16.7. The second kappa shape index (κ2) is 4.56. The lowest BCUT2D eigenvalue weighted by atomic mass is 9.70. The van der Waals surface area contributed by atoms with Crippen LogP contribution in [0.2, 0.25) is 0 Å². The van der Waals surface area contributed by atoms with E-state index in [0.29, 0.717) is 17.9 Å². The number of ether oxygens (including phenoxy) is 2. The quantitative estimate of drug-likeness (QED) is 0.823. The molecule has 2 aliphatic rings. The van der Waals surface area contributed by atoms with Gasteiger partial charge in [-0.1, -0.05) is 20.8 Å². The molecule has 3 rings (SSSR count). The van der Waals surface area contributed by atoms with Crippen molar-refractivity contribution in [3.63, 3.8) is 0 Å². The smallest absolute Gasteiger partial charge is 0.169 e. The number of hydrogen-bond donors (Lipinski definition) is 0. The fourth-order valence-corrected chi connectivity index (χ4v) is 3.86. The third-order valence-electron chi connectivity index (χ3n) is 4.08. The van der Waals surface area contributed by atoms with Gasteiger partial charge in [-0.2, -0.15) is 5.10 Å². The van der Waals surface area contributed by atoms with E-state index in [1.807, 2.05) is 4.68 Å². The molecule has 1 spiro atoms. The Kier molecular flexibility index (Phi) is 3.14. The highest BCUT2D eigenvalue weighted by Gasteiger charge is 2.49. The second-order valence-electron chi connectivity index (χ2n) is 6.93. The van der Waals surface area contributed by atoms with Crippen molar-refractivity contribution in [3.05, 3.63) is 12.7 Å². The highest BCUT2D eigenvalue weighted by Crippen LogP contribution is 2.48. The van der Waals surface area contributed by atoms with E-state index in [-0.39, 0.29) is 11.9 Å². The van der Waals surface area contributed by atoms with Gasteiger partial charge >= 0.3 is 0 Å². The molecule has 1 aromatic heterocycles. The van der Waals surface area contributed by atoms with E-state index in [1.54, 1.807) is 12.7 Å². The fraction of sp³-hybridized carbons (Fsp3) is 0.857. The molecule has 3 unspecified atom stereocenters. The van der Waals surface area contributed by atoms with Crippen LogP contribution >= 0.6 is 0 Å². The number of nitrogens with zero attached hydrogens (tertiary/aromatic N) is 3. The van der Waals surface area contributed by atoms with Gasteiger partial charge in [-0.25, -0.2) is 4.98 Å². The highest BCUT2D eigenvalue weighted by molar-refractivity contribution is 4.92. The molecule has 2 fully saturated rings. The summed E-state index contributed by atoms with van der Waals surface area (Å²) in [6, 6.07) is 0. The van der Waals surface area contributed by atoms with Crippen molar-refractivity contribution in [1.29, 1.82) is 0 Å². The summed E-state index contributed by atoms with van der Waals surface area (Å²) in [5.74, 6) is 0.278. The molecule has 2 heterocycles. The molecule has 1 saturated carbocycles. The van der Waals surface area contributed by atoms with Crippen LogP contribution in [0.5, 0.6) is 0 Å². The predicted molar refractivity (Wildman–Crippen MR) is 70.4 cm³/mol. The van der Waals surface area contributed by atoms with E-state index >= 15 is 0 Å². The van der Waals surface area contributed by atoms with Gasteiger partial charge in [0.25, 0.3) is 0 Å². The average molecular weight is 265 g/mol. The van der Waals surface area contributed by atoms with Crippen molar-refractivity contribution in [3.8, 4) is 0 Å². The second-order valence-corrected chi connectivity index (χ2v) is 6.93. The Hall–Kier alpha value is -0.940. The SMILES string of the molecule is CC1CC(C)(C)CC2(C1)OCC(Cn1cncn1)O2. The summed E-state index contributed by atoms with van der Waals surface area (Å²) in [6.07, 6.45) is 6.60. The first-order valence-corrected chi connectivity index (χ1v) is 7.11. The van der Waals surface area contributed by atoms with Crippen LogP contribution in [-0.4, -0.2) is 33.3 Å². The first kappa shape index (κ1) is 13.1. The molecule has 0 bridgehead atoms. The van der Waals surface area contributed by atoms with Crippen LogP contribution in [-0.2, 0) is 16.0 Å². The van der Waals surface area contributed by atoms with E-state index in [0.717, 1.165) is 19.4 Å². The van der Waals surface area contributed by atoms with Crippen molar-refractivity contribution in [2.45, 2.75) is 58.5 Å². The molecular formula is C14H23N3O2. The van der Waals surface area contributed by atoms with Gasteiger partial charge < -0.3 is 9.47 Å². The first-order chi connectivity index (χ1) is 8.96. The summed E-state index contributed by atoms with van der Waals surface area (Å²) in [4.78, 5) is 3.96. The lowest BCUT2D eigenvalue weighted by Crippen LogP contribution is -2.43. The molecule has 1 aromatic rings. The van der Waals surface area contributed by atoms with Crippen molar-refractivity contribution in [2.24, 2.45) is 11.3 Å². The van der Waals surface area contributed by atoms with Crippen molar-refractivity contribution in [2.75, 3.05) is 6.61 Å². The molecule has 1 aliphatic carbocycles. The summed E-state index contributed by atoms with van der Waals surface area (Å²) in [6.45, 7) is 8.28. The van der Waals surface area contributed by atoms with Gasteiger partial charge in [0.15, 0.2) is 5.79 Å². The minimum absolute atomic E-state index is 0.0859. The zero-order valence-electron chi connectivity index (χ0n) is 12.0. The van der Waals surface area contributed by atoms with Crippen LogP contribution in [0.4, 0.5) is 0 Å². The van der Waals surface area contributed by atoms with E-state index in [1.165, 1.54) is 6.42 Å². The van der Waals surface area contributed by atoms with E-state index in [2.05, 4.69) is 30.9 Å². The van der Waals surface area contributed by atoms with Gasteiger partial charge in [0.05, 0.1) is 13.2 Å². The van der Waals surface area contributed by atoms with Gasteiger partial charge in [-0.3, -0.25) is 4.68 Å². The molecule has 106 valence electrons. The maximum absolute atomic E-state index is 6.26. The predicted octanol–water partition coefficient (Wildman–Crippen LogP) is 2.24. The zero-order valence-corrected chi connectivity index (χ0v) is 12.0. The Labute approximate surface area is 114 Å². The topological polar surface area (TPSA) is 49.2 Å². The zero-order chi connectivity index (χ0) is 13.5. The third-order valence-corrected chi connectivity index (χ3v) is 4.08. The molecule has 5 heteroatoms. The Bertz CT molecular complexity index is 432. The fourth-order valence-electron chi connectivity index (χ4n) is 3.86. The van der Waals surface area contributed by atoms with Gasteiger partial charge in [0, 0.05) is 12.8 Å². The maximum Gasteiger partial charge on any atom is 0.169 e. The Balaban J connectivity index is 1.67. The molecule has 0 N–H and O–H groups in total. The average Bonchev–Trinajstić information content (AvgIpc) is 2.87. The van der Waals surface area contributed by atoms with Crippen LogP contribution in [0.25, 0.3) is 0 Å². The van der Waals surface area contributed by atoms with Crippen LogP contribution in [0.15, 0.2) is 12.7 Å². The minimum atomic E-state index is -0.369. The van der Waals surface area contributed by atoms with Crippen LogP contribution in [0.1, 0.15) is 40.0 Å². The molecule has 0 radical (unpaired) electrons. The standard InChI is InChI=1S/C14H23N3O2/c1-11-4-13(2,3)8-14(5-11)18-7-12(19-14)6-17-10-15-9-16-17/h9-12H,4-8H2,1-3H3. The maximum atomic E-state index is 6.26. The van der Waals surface area contributed by atoms with Gasteiger partial charge in [-0.05, 0) is 17.8 Å². The number of aromatic nitrogens is 3. The van der Waals surface area contributed by atoms with Crippen molar-refractivity contribution < 1.29 is 9.47 Å². The number of hydrogen-bond acceptors (Lipinski definition) is 4. The molecule has 1 aliphatic heterocycles. The van der Waals surface area contributed by atoms with E-state index < -0.39 is 0 Å². The summed E-state index contributed by atoms with van der Waals surface area (Å²) in [5.41, 5.74) is 0.291. The lowest BCUT2D eigenvalue weighted by Gasteiger charge is -2.44. The molecule has 5 nitrogen and oxygen atoms in total. The minimum Gasteiger partial charge on any atom is -0.347 e. The molecule has 0 amide bonds. The van der Waals surface area contributed by atoms with E-state index in [4.69, 9.17) is 9.47 Å². The van der Waals surface area contributed by atoms with Crippen molar-refractivity contribution >= 4 is 0 Å². The molecule has 0 aromatic carbocycles. The summed E-state index contributed by atoms with van der Waals surface area (Å²) in [7, 11) is 0. The largest absolute Gasteiger partial charge is 0.347 e. The molecule has 19 heavy (non-hydrogen) atoms. The monoisotopic (exact) mass is 265 g/mol. The Morgan fingerprint density at radius 1 is 1.37 bits per heavy atom. The van der Waals surface area contributed by atoms with Gasteiger partial charge in [0.2, 0.25) is 0 Å². The van der Waals surface area contributed by atoms with Crippen LogP contribution in [0, 0.1) is 11.3 Å². The molecule has 1 saturated heterocycles. The Morgan fingerprint density at radius 2 is 2.21 bits per heavy atom.